The van der Waals surface area contributed by atoms with Crippen molar-refractivity contribution in [2.75, 3.05) is 36.8 Å². The number of quaternary nitrogens is 1. The smallest absolute Gasteiger partial charge is 0.240 e. The van der Waals surface area contributed by atoms with Gasteiger partial charge in [-0.25, -0.2) is 0 Å². The lowest BCUT2D eigenvalue weighted by Crippen LogP contribution is -3.11. The van der Waals surface area contributed by atoms with Crippen LogP contribution in [0.15, 0.2) is 29.2 Å². The topological polar surface area (TPSA) is 53.9 Å². The molecule has 0 aromatic heterocycles. The number of fused-ring (bicyclic) bond motifs is 1. The van der Waals surface area contributed by atoms with Crippen LogP contribution in [0, 0.1) is 0 Å². The Kier molecular flexibility index (Phi) is 7.78. The molecule has 5 nitrogen and oxygen atoms in total. The van der Waals surface area contributed by atoms with Crippen molar-refractivity contribution in [3.8, 4) is 0 Å². The van der Waals surface area contributed by atoms with Crippen LogP contribution < -0.4 is 15.1 Å². The second kappa shape index (κ2) is 9.82. The number of hydrogen-bond acceptors (Lipinski definition) is 3. The number of anilines is 1. The van der Waals surface area contributed by atoms with Crippen LogP contribution in [0.5, 0.6) is 0 Å². The Labute approximate surface area is 155 Å². The number of hydrogen-bond donors (Lipinski definition) is 2. The molecule has 0 bridgehead atoms. The molecule has 0 radical (unpaired) electrons. The summed E-state index contributed by atoms with van der Waals surface area (Å²) in [6.45, 7) is 9.98. The largest absolute Gasteiger partial charge is 0.352 e. The van der Waals surface area contributed by atoms with Gasteiger partial charge in [0.05, 0.1) is 31.1 Å². The molecular formula is C19H30N3O2S+. The fraction of sp³-hybridized carbons (Fsp3) is 0.579. The highest BCUT2D eigenvalue weighted by molar-refractivity contribution is 8.00. The summed E-state index contributed by atoms with van der Waals surface area (Å²) >= 11 is 1.53. The first-order valence-corrected chi connectivity index (χ1v) is 10.2. The molecule has 1 aromatic carbocycles. The van der Waals surface area contributed by atoms with Gasteiger partial charge in [0, 0.05) is 10.9 Å². The van der Waals surface area contributed by atoms with Crippen LogP contribution in [0.25, 0.3) is 0 Å². The average molecular weight is 365 g/mol. The van der Waals surface area contributed by atoms with E-state index in [1.165, 1.54) is 11.8 Å². The molecule has 1 aromatic rings. The molecule has 0 saturated carbocycles. The molecule has 2 rings (SSSR count). The zero-order valence-corrected chi connectivity index (χ0v) is 16.3. The van der Waals surface area contributed by atoms with E-state index in [2.05, 4.69) is 19.2 Å². The number of carbonyl (C=O) groups is 2. The summed E-state index contributed by atoms with van der Waals surface area (Å²) in [5.74, 6) is 0.307. The van der Waals surface area contributed by atoms with Gasteiger partial charge >= 0.3 is 0 Å². The van der Waals surface area contributed by atoms with Gasteiger partial charge in [-0.1, -0.05) is 12.1 Å². The lowest BCUT2D eigenvalue weighted by atomic mass is 10.1. The highest BCUT2D eigenvalue weighted by Crippen LogP contribution is 2.34. The fourth-order valence-corrected chi connectivity index (χ4v) is 4.06. The molecular weight excluding hydrogens is 334 g/mol. The molecule has 0 saturated heterocycles. The molecule has 1 heterocycles. The zero-order chi connectivity index (χ0) is 18.2. The third kappa shape index (κ3) is 5.75. The van der Waals surface area contributed by atoms with Crippen LogP contribution in [-0.4, -0.2) is 49.8 Å². The Morgan fingerprint density at radius 2 is 2.04 bits per heavy atom. The van der Waals surface area contributed by atoms with Crippen LogP contribution in [0.2, 0.25) is 0 Å². The Bertz CT molecular complexity index is 590. The van der Waals surface area contributed by atoms with E-state index in [1.807, 2.05) is 31.2 Å². The van der Waals surface area contributed by atoms with Crippen molar-refractivity contribution in [3.63, 3.8) is 0 Å². The standard InChI is InChI=1S/C19H29N3O2S/c1-4-21(5-2)12-8-9-15(3)20-18(23)13-22-16-10-6-7-11-17(16)25-14-19(22)24/h6-7,10-11,15H,4-5,8-9,12-14H2,1-3H3,(H,20,23)/p+1/t15-/m0/s1. The van der Waals surface area contributed by atoms with E-state index >= 15 is 0 Å². The quantitative estimate of drug-likeness (QED) is 0.695. The highest BCUT2D eigenvalue weighted by atomic mass is 32.2. The second-order valence-corrected chi connectivity index (χ2v) is 7.57. The van der Waals surface area contributed by atoms with Crippen LogP contribution in [0.1, 0.15) is 33.6 Å². The van der Waals surface area contributed by atoms with Gasteiger partial charge in [0.2, 0.25) is 11.8 Å². The molecule has 0 spiro atoms. The molecule has 1 aliphatic heterocycles. The first-order chi connectivity index (χ1) is 12.0. The molecule has 0 unspecified atom stereocenters. The molecule has 6 heteroatoms. The minimum absolute atomic E-state index is 0.00311. The first-order valence-electron chi connectivity index (χ1n) is 9.20. The Balaban J connectivity index is 1.82. The number of para-hydroxylation sites is 1. The molecule has 0 aliphatic carbocycles. The van der Waals surface area contributed by atoms with Gasteiger partial charge < -0.3 is 15.1 Å². The van der Waals surface area contributed by atoms with E-state index in [0.717, 1.165) is 43.1 Å². The number of amides is 2. The molecule has 0 fully saturated rings. The van der Waals surface area contributed by atoms with E-state index in [0.29, 0.717) is 5.75 Å². The normalized spacial score (nSPS) is 15.2. The average Bonchev–Trinajstić information content (AvgIpc) is 2.61. The van der Waals surface area contributed by atoms with Crippen LogP contribution in [0.3, 0.4) is 0 Å². The van der Waals surface area contributed by atoms with E-state index in [9.17, 15) is 9.59 Å². The van der Waals surface area contributed by atoms with Crippen molar-refractivity contribution in [1.82, 2.24) is 5.32 Å². The van der Waals surface area contributed by atoms with Gasteiger partial charge in [-0.3, -0.25) is 9.59 Å². The maximum Gasteiger partial charge on any atom is 0.240 e. The number of carbonyl (C=O) groups excluding carboxylic acids is 2. The molecule has 25 heavy (non-hydrogen) atoms. The molecule has 2 N–H and O–H groups in total. The molecule has 2 amide bonds. The minimum atomic E-state index is -0.0854. The third-order valence-corrected chi connectivity index (χ3v) is 5.73. The maximum absolute atomic E-state index is 12.4. The van der Waals surface area contributed by atoms with Gasteiger partial charge in [0.25, 0.3) is 0 Å². The Morgan fingerprint density at radius 3 is 2.76 bits per heavy atom. The minimum Gasteiger partial charge on any atom is -0.352 e. The summed E-state index contributed by atoms with van der Waals surface area (Å²) in [5, 5.41) is 3.04. The van der Waals surface area contributed by atoms with Crippen molar-refractivity contribution >= 4 is 29.3 Å². The summed E-state index contributed by atoms with van der Waals surface area (Å²) in [6, 6.07) is 7.89. The van der Waals surface area contributed by atoms with Gasteiger partial charge in [-0.05, 0) is 45.7 Å². The number of nitrogens with zero attached hydrogens (tertiary/aromatic N) is 1. The van der Waals surface area contributed by atoms with Gasteiger partial charge in [0.15, 0.2) is 0 Å². The molecule has 1 aliphatic rings. The predicted molar refractivity (Wildman–Crippen MR) is 103 cm³/mol. The summed E-state index contributed by atoms with van der Waals surface area (Å²) in [7, 11) is 0. The van der Waals surface area contributed by atoms with Gasteiger partial charge in [-0.2, -0.15) is 0 Å². The third-order valence-electron chi connectivity index (χ3n) is 4.68. The predicted octanol–water partition coefficient (Wildman–Crippen LogP) is 1.33. The SMILES string of the molecule is CC[NH+](CC)CCC[C@H](C)NC(=O)CN1C(=O)CSc2ccccc21. The van der Waals surface area contributed by atoms with Gasteiger partial charge in [-0.15, -0.1) is 11.8 Å². The highest BCUT2D eigenvalue weighted by Gasteiger charge is 2.26. The molecule has 138 valence electrons. The van der Waals surface area contributed by atoms with Crippen LogP contribution in [0.4, 0.5) is 5.69 Å². The van der Waals surface area contributed by atoms with Gasteiger partial charge in [0.1, 0.15) is 6.54 Å². The second-order valence-electron chi connectivity index (χ2n) is 6.55. The summed E-state index contributed by atoms with van der Waals surface area (Å²) in [5.41, 5.74) is 0.844. The van der Waals surface area contributed by atoms with Crippen LogP contribution in [-0.2, 0) is 9.59 Å². The summed E-state index contributed by atoms with van der Waals surface area (Å²) in [4.78, 5) is 28.8. The fourth-order valence-electron chi connectivity index (χ4n) is 3.13. The van der Waals surface area contributed by atoms with Crippen LogP contribution >= 0.6 is 11.8 Å². The van der Waals surface area contributed by atoms with E-state index < -0.39 is 0 Å². The monoisotopic (exact) mass is 364 g/mol. The number of thioether (sulfide) groups is 1. The maximum atomic E-state index is 12.4. The van der Waals surface area contributed by atoms with Crippen molar-refractivity contribution in [1.29, 1.82) is 0 Å². The van der Waals surface area contributed by atoms with E-state index in [1.54, 1.807) is 9.80 Å². The Hall–Kier alpha value is -1.53. The zero-order valence-electron chi connectivity index (χ0n) is 15.5. The van der Waals surface area contributed by atoms with Crippen molar-refractivity contribution < 1.29 is 14.5 Å². The summed E-state index contributed by atoms with van der Waals surface area (Å²) < 4.78 is 0. The number of nitrogens with one attached hydrogen (secondary N) is 2. The van der Waals surface area contributed by atoms with Crippen molar-refractivity contribution in [2.45, 2.75) is 44.6 Å². The Morgan fingerprint density at radius 1 is 1.32 bits per heavy atom. The molecule has 1 atom stereocenters. The first kappa shape index (κ1) is 19.8. The summed E-state index contributed by atoms with van der Waals surface area (Å²) in [6.07, 6.45) is 2.07. The lowest BCUT2D eigenvalue weighted by Gasteiger charge is -2.28. The number of benzene rings is 1. The van der Waals surface area contributed by atoms with Crippen molar-refractivity contribution in [2.24, 2.45) is 0 Å². The van der Waals surface area contributed by atoms with E-state index in [-0.39, 0.29) is 24.4 Å². The van der Waals surface area contributed by atoms with E-state index in [4.69, 9.17) is 0 Å². The lowest BCUT2D eigenvalue weighted by molar-refractivity contribution is -0.896. The van der Waals surface area contributed by atoms with Crippen molar-refractivity contribution in [3.05, 3.63) is 24.3 Å². The number of rotatable bonds is 9.